The number of aromatic nitrogens is 2. The predicted molar refractivity (Wildman–Crippen MR) is 64.9 cm³/mol. The second-order valence-electron chi connectivity index (χ2n) is 4.59. The lowest BCUT2D eigenvalue weighted by Gasteiger charge is -2.20. The van der Waals surface area contributed by atoms with Crippen LogP contribution in [0.25, 0.3) is 0 Å². The molecule has 0 aliphatic carbocycles. The molecule has 0 amide bonds. The van der Waals surface area contributed by atoms with Gasteiger partial charge in [0.1, 0.15) is 0 Å². The van der Waals surface area contributed by atoms with Crippen molar-refractivity contribution < 1.29 is 27.5 Å². The van der Waals surface area contributed by atoms with Gasteiger partial charge >= 0.3 is 24.0 Å². The predicted octanol–water partition coefficient (Wildman–Crippen LogP) is 1.78. The number of hydrogen-bond acceptors (Lipinski definition) is 3. The van der Waals surface area contributed by atoms with Gasteiger partial charge in [-0.3, -0.25) is 9.36 Å². The number of alkyl halides is 4. The van der Waals surface area contributed by atoms with Crippen molar-refractivity contribution in [2.75, 3.05) is 0 Å². The second kappa shape index (κ2) is 6.23. The van der Waals surface area contributed by atoms with Crippen molar-refractivity contribution in [1.29, 1.82) is 0 Å². The van der Waals surface area contributed by atoms with Crippen molar-refractivity contribution >= 4 is 5.97 Å². The van der Waals surface area contributed by atoms with E-state index in [1.165, 1.54) is 13.8 Å². The van der Waals surface area contributed by atoms with Gasteiger partial charge in [0.05, 0.1) is 6.54 Å². The highest BCUT2D eigenvalue weighted by molar-refractivity contribution is 5.67. The van der Waals surface area contributed by atoms with Gasteiger partial charge in [-0.15, -0.1) is 0 Å². The van der Waals surface area contributed by atoms with Crippen LogP contribution in [0.3, 0.4) is 0 Å². The lowest BCUT2D eigenvalue weighted by Crippen LogP contribution is -2.39. The molecule has 1 heterocycles. The second-order valence-corrected chi connectivity index (χ2v) is 4.59. The third kappa shape index (κ3) is 4.02. The van der Waals surface area contributed by atoms with Crippen LogP contribution in [0.5, 0.6) is 0 Å². The van der Waals surface area contributed by atoms with Crippen molar-refractivity contribution in [3.8, 4) is 0 Å². The highest BCUT2D eigenvalue weighted by Crippen LogP contribution is 2.25. The fourth-order valence-electron chi connectivity index (χ4n) is 1.90. The van der Waals surface area contributed by atoms with Crippen molar-refractivity contribution in [2.45, 2.75) is 45.6 Å². The molecular weight excluding hydrogens is 296 g/mol. The molecule has 0 radical (unpaired) electrons. The first-order valence-corrected chi connectivity index (χ1v) is 6.01. The molecule has 0 bridgehead atoms. The molecule has 0 fully saturated rings. The number of rotatable bonds is 6. The molecule has 1 rings (SSSR count). The van der Waals surface area contributed by atoms with E-state index in [1.807, 2.05) is 0 Å². The first kappa shape index (κ1) is 17.1. The first-order valence-electron chi connectivity index (χ1n) is 6.01. The van der Waals surface area contributed by atoms with E-state index in [4.69, 9.17) is 5.11 Å². The molecule has 0 aliphatic rings. The maximum Gasteiger partial charge on any atom is 0.348 e. The summed E-state index contributed by atoms with van der Waals surface area (Å²) in [5.74, 6) is -5.47. The third-order valence-electron chi connectivity index (χ3n) is 3.05. The van der Waals surface area contributed by atoms with Crippen molar-refractivity contribution in [1.82, 2.24) is 9.55 Å². The van der Waals surface area contributed by atoms with E-state index in [-0.39, 0.29) is 24.2 Å². The Morgan fingerprint density at radius 1 is 1.38 bits per heavy atom. The van der Waals surface area contributed by atoms with E-state index in [1.54, 1.807) is 0 Å². The van der Waals surface area contributed by atoms with Crippen LogP contribution < -0.4 is 5.69 Å². The van der Waals surface area contributed by atoms with Crippen LogP contribution in [0.1, 0.15) is 23.4 Å². The summed E-state index contributed by atoms with van der Waals surface area (Å²) in [6.45, 7) is 1.23. The highest BCUT2D eigenvalue weighted by atomic mass is 19.3. The van der Waals surface area contributed by atoms with Gasteiger partial charge in [-0.05, 0) is 25.8 Å². The van der Waals surface area contributed by atoms with Crippen LogP contribution >= 0.6 is 0 Å². The highest BCUT2D eigenvalue weighted by Gasteiger charge is 2.41. The summed E-state index contributed by atoms with van der Waals surface area (Å²) in [5, 5.41) is 8.63. The molecule has 21 heavy (non-hydrogen) atoms. The first-order chi connectivity index (χ1) is 9.56. The average molecular weight is 310 g/mol. The van der Waals surface area contributed by atoms with Gasteiger partial charge < -0.3 is 5.11 Å². The van der Waals surface area contributed by atoms with E-state index in [0.29, 0.717) is 10.1 Å². The number of aryl methyl sites for hydroxylation is 1. The molecule has 0 saturated heterocycles. The Labute approximate surface area is 117 Å². The van der Waals surface area contributed by atoms with Crippen molar-refractivity contribution in [3.63, 3.8) is 0 Å². The van der Waals surface area contributed by atoms with Crippen LogP contribution in [0, 0.1) is 13.8 Å². The number of hydrogen-bond donors (Lipinski definition) is 1. The van der Waals surface area contributed by atoms with Crippen LogP contribution in [-0.4, -0.2) is 33.0 Å². The van der Waals surface area contributed by atoms with Crippen LogP contribution in [0.2, 0.25) is 0 Å². The molecule has 5 nitrogen and oxygen atoms in total. The van der Waals surface area contributed by atoms with Crippen LogP contribution in [0.4, 0.5) is 17.6 Å². The van der Waals surface area contributed by atoms with Gasteiger partial charge in [-0.1, -0.05) is 0 Å². The summed E-state index contributed by atoms with van der Waals surface area (Å²) in [7, 11) is 0. The zero-order chi connectivity index (χ0) is 16.4. The summed E-state index contributed by atoms with van der Waals surface area (Å²) >= 11 is 0. The number of nitrogens with zero attached hydrogens (tertiary/aromatic N) is 2. The van der Waals surface area contributed by atoms with E-state index in [9.17, 15) is 27.2 Å². The van der Waals surface area contributed by atoms with E-state index in [2.05, 4.69) is 4.98 Å². The van der Waals surface area contributed by atoms with E-state index < -0.39 is 30.6 Å². The lowest BCUT2D eigenvalue weighted by molar-refractivity contribution is -0.138. The summed E-state index contributed by atoms with van der Waals surface area (Å²) in [6.07, 6.45) is -4.22. The Bertz CT molecular complexity index is 599. The summed E-state index contributed by atoms with van der Waals surface area (Å²) in [6, 6.07) is 0. The van der Waals surface area contributed by atoms with E-state index in [0.717, 1.165) is 0 Å². The minimum atomic E-state index is -4.37. The summed E-state index contributed by atoms with van der Waals surface area (Å²) in [5.41, 5.74) is -0.545. The molecule has 9 heteroatoms. The summed E-state index contributed by atoms with van der Waals surface area (Å²) in [4.78, 5) is 25.7. The van der Waals surface area contributed by atoms with Crippen molar-refractivity contribution in [2.24, 2.45) is 0 Å². The molecule has 0 spiro atoms. The van der Waals surface area contributed by atoms with Gasteiger partial charge in [0, 0.05) is 17.8 Å². The Kier molecular flexibility index (Phi) is 5.08. The molecule has 0 aromatic carbocycles. The standard InChI is InChI=1S/C12H14F4N2O3/c1-6-8(3-4-9(19)20)7(2)18(11(21)17-6)5-12(15,16)10(13)14/h10H,3-5H2,1-2H3,(H,19,20). The van der Waals surface area contributed by atoms with Gasteiger partial charge in [-0.2, -0.15) is 13.8 Å². The number of carboxylic acids is 1. The molecular formula is C12H14F4N2O3. The average Bonchev–Trinajstić information content (AvgIpc) is 2.33. The maximum absolute atomic E-state index is 13.1. The fourth-order valence-corrected chi connectivity index (χ4v) is 1.90. The smallest absolute Gasteiger partial charge is 0.348 e. The minimum absolute atomic E-state index is 0.0223. The van der Waals surface area contributed by atoms with Crippen molar-refractivity contribution in [3.05, 3.63) is 27.4 Å². The maximum atomic E-state index is 13.1. The quantitative estimate of drug-likeness (QED) is 0.813. The molecule has 1 aromatic rings. The largest absolute Gasteiger partial charge is 0.481 e. The number of carboxylic acid groups (broad SMARTS) is 1. The van der Waals surface area contributed by atoms with Gasteiger partial charge in [0.15, 0.2) is 0 Å². The molecule has 118 valence electrons. The molecule has 0 aliphatic heterocycles. The van der Waals surface area contributed by atoms with Gasteiger partial charge in [0.25, 0.3) is 0 Å². The normalized spacial score (nSPS) is 12.0. The Balaban J connectivity index is 3.24. The third-order valence-corrected chi connectivity index (χ3v) is 3.05. The zero-order valence-electron chi connectivity index (χ0n) is 11.4. The monoisotopic (exact) mass is 310 g/mol. The Morgan fingerprint density at radius 3 is 2.43 bits per heavy atom. The van der Waals surface area contributed by atoms with Gasteiger partial charge in [0.2, 0.25) is 0 Å². The number of aliphatic carboxylic acids is 1. The number of carbonyl (C=O) groups is 1. The molecule has 1 aromatic heterocycles. The Morgan fingerprint density at radius 2 is 1.95 bits per heavy atom. The topological polar surface area (TPSA) is 72.2 Å². The molecule has 0 unspecified atom stereocenters. The minimum Gasteiger partial charge on any atom is -0.481 e. The SMILES string of the molecule is Cc1nc(=O)n(CC(F)(F)C(F)F)c(C)c1CCC(=O)O. The molecule has 0 saturated carbocycles. The summed E-state index contributed by atoms with van der Waals surface area (Å²) < 4.78 is 51.1. The fraction of sp³-hybridized carbons (Fsp3) is 0.583. The van der Waals surface area contributed by atoms with Gasteiger partial charge in [-0.25, -0.2) is 13.6 Å². The van der Waals surface area contributed by atoms with Crippen LogP contribution in [0.15, 0.2) is 4.79 Å². The lowest BCUT2D eigenvalue weighted by atomic mass is 10.1. The zero-order valence-corrected chi connectivity index (χ0v) is 11.4. The Hall–Kier alpha value is -1.93. The molecule has 0 atom stereocenters. The van der Waals surface area contributed by atoms with Crippen LogP contribution in [-0.2, 0) is 17.8 Å². The van der Waals surface area contributed by atoms with E-state index >= 15 is 0 Å². The number of halogens is 4. The molecule has 1 N–H and O–H groups in total.